The number of rotatable bonds is 4. The number of nitrogens with zero attached hydrogens (tertiary/aromatic N) is 2. The lowest BCUT2D eigenvalue weighted by Crippen LogP contribution is -2.21. The van der Waals surface area contributed by atoms with Crippen LogP contribution in [-0.2, 0) is 6.42 Å². The fourth-order valence-corrected chi connectivity index (χ4v) is 2.60. The molecule has 0 bridgehead atoms. The average molecular weight is 256 g/mol. The third-order valence-electron chi connectivity index (χ3n) is 2.96. The molecule has 0 fully saturated rings. The Morgan fingerprint density at radius 3 is 2.83 bits per heavy atom. The molecule has 1 aromatic heterocycles. The first kappa shape index (κ1) is 12.7. The second kappa shape index (κ2) is 5.70. The van der Waals surface area contributed by atoms with Gasteiger partial charge in [0.2, 0.25) is 0 Å². The molecule has 1 aromatic carbocycles. The van der Waals surface area contributed by atoms with Gasteiger partial charge in [-0.15, -0.1) is 11.3 Å². The Hall–Kier alpha value is -1.79. The van der Waals surface area contributed by atoms with E-state index >= 15 is 0 Å². The Balaban J connectivity index is 2.11. The van der Waals surface area contributed by atoms with E-state index in [4.69, 9.17) is 5.26 Å². The molecule has 0 aliphatic heterocycles. The van der Waals surface area contributed by atoms with Crippen LogP contribution < -0.4 is 4.90 Å². The van der Waals surface area contributed by atoms with Crippen molar-refractivity contribution in [2.24, 2.45) is 0 Å². The van der Waals surface area contributed by atoms with Crippen molar-refractivity contribution in [3.63, 3.8) is 0 Å². The van der Waals surface area contributed by atoms with E-state index in [-0.39, 0.29) is 0 Å². The highest BCUT2D eigenvalue weighted by atomic mass is 32.1. The van der Waals surface area contributed by atoms with Gasteiger partial charge in [0.05, 0.1) is 11.3 Å². The van der Waals surface area contributed by atoms with Gasteiger partial charge in [-0.05, 0) is 42.5 Å². The van der Waals surface area contributed by atoms with E-state index in [1.165, 1.54) is 10.4 Å². The van der Waals surface area contributed by atoms with Crippen LogP contribution in [-0.4, -0.2) is 13.6 Å². The van der Waals surface area contributed by atoms with Crippen LogP contribution in [0.25, 0.3) is 0 Å². The quantitative estimate of drug-likeness (QED) is 0.835. The highest BCUT2D eigenvalue weighted by Gasteiger charge is 2.07. The maximum absolute atomic E-state index is 9.14. The number of hydrogen-bond donors (Lipinski definition) is 0. The molecule has 2 nitrogen and oxygen atoms in total. The standard InChI is InChI=1S/C15H16N2S/c1-12-5-6-13(11-16)15(10-12)17(2)8-7-14-4-3-9-18-14/h3-6,9-10H,7-8H2,1-2H3. The summed E-state index contributed by atoms with van der Waals surface area (Å²) in [6.45, 7) is 2.98. The molecule has 0 aliphatic rings. The fraction of sp³-hybridized carbons (Fsp3) is 0.267. The summed E-state index contributed by atoms with van der Waals surface area (Å²) < 4.78 is 0. The SMILES string of the molecule is Cc1ccc(C#N)c(N(C)CCc2cccs2)c1. The largest absolute Gasteiger partial charge is 0.373 e. The predicted molar refractivity (Wildman–Crippen MR) is 77.2 cm³/mol. The Bertz CT molecular complexity index is 552. The van der Waals surface area contributed by atoms with E-state index in [0.29, 0.717) is 0 Å². The fourth-order valence-electron chi connectivity index (χ4n) is 1.91. The smallest absolute Gasteiger partial charge is 0.101 e. The van der Waals surface area contributed by atoms with Gasteiger partial charge in [-0.3, -0.25) is 0 Å². The van der Waals surface area contributed by atoms with Crippen molar-refractivity contribution in [3.8, 4) is 6.07 Å². The second-order valence-corrected chi connectivity index (χ2v) is 5.42. The third kappa shape index (κ3) is 2.91. The van der Waals surface area contributed by atoms with E-state index < -0.39 is 0 Å². The van der Waals surface area contributed by atoms with Crippen LogP contribution in [0.1, 0.15) is 16.0 Å². The predicted octanol–water partition coefficient (Wildman–Crippen LogP) is 3.61. The Morgan fingerprint density at radius 1 is 1.33 bits per heavy atom. The molecule has 0 unspecified atom stereocenters. The number of aryl methyl sites for hydroxylation is 1. The van der Waals surface area contributed by atoms with Gasteiger partial charge in [0.25, 0.3) is 0 Å². The van der Waals surface area contributed by atoms with Crippen LogP contribution in [0.15, 0.2) is 35.7 Å². The number of nitriles is 1. The van der Waals surface area contributed by atoms with Crippen LogP contribution in [0.5, 0.6) is 0 Å². The first-order chi connectivity index (χ1) is 8.70. The topological polar surface area (TPSA) is 27.0 Å². The molecular formula is C15H16N2S. The second-order valence-electron chi connectivity index (χ2n) is 4.38. The summed E-state index contributed by atoms with van der Waals surface area (Å²) in [6, 6.07) is 12.4. The minimum absolute atomic E-state index is 0.745. The van der Waals surface area contributed by atoms with Gasteiger partial charge in [-0.2, -0.15) is 5.26 Å². The van der Waals surface area contributed by atoms with Crippen molar-refractivity contribution in [1.82, 2.24) is 0 Å². The van der Waals surface area contributed by atoms with Gasteiger partial charge in [-0.25, -0.2) is 0 Å². The molecule has 0 saturated carbocycles. The van der Waals surface area contributed by atoms with Crippen LogP contribution in [0.3, 0.4) is 0 Å². The molecule has 92 valence electrons. The summed E-state index contributed by atoms with van der Waals surface area (Å²) in [4.78, 5) is 3.54. The van der Waals surface area contributed by atoms with E-state index in [9.17, 15) is 0 Å². The maximum Gasteiger partial charge on any atom is 0.101 e. The molecule has 0 saturated heterocycles. The minimum Gasteiger partial charge on any atom is -0.373 e. The molecule has 0 radical (unpaired) electrons. The van der Waals surface area contributed by atoms with Gasteiger partial charge in [-0.1, -0.05) is 12.1 Å². The van der Waals surface area contributed by atoms with Gasteiger partial charge >= 0.3 is 0 Å². The van der Waals surface area contributed by atoms with E-state index in [0.717, 1.165) is 24.2 Å². The molecule has 2 rings (SSSR count). The van der Waals surface area contributed by atoms with Gasteiger partial charge in [0.15, 0.2) is 0 Å². The lowest BCUT2D eigenvalue weighted by molar-refractivity contribution is 0.885. The normalized spacial score (nSPS) is 10.1. The van der Waals surface area contributed by atoms with Crippen LogP contribution in [0.4, 0.5) is 5.69 Å². The summed E-state index contributed by atoms with van der Waals surface area (Å²) in [7, 11) is 2.04. The molecule has 0 N–H and O–H groups in total. The molecule has 0 amide bonds. The molecule has 1 heterocycles. The number of likely N-dealkylation sites (N-methyl/N-ethyl adjacent to an activating group) is 1. The summed E-state index contributed by atoms with van der Waals surface area (Å²) in [5.41, 5.74) is 2.95. The van der Waals surface area contributed by atoms with E-state index in [1.54, 1.807) is 11.3 Å². The molecule has 18 heavy (non-hydrogen) atoms. The Labute approximate surface area is 112 Å². The summed E-state index contributed by atoms with van der Waals surface area (Å²) >= 11 is 1.78. The van der Waals surface area contributed by atoms with Crippen LogP contribution in [0.2, 0.25) is 0 Å². The monoisotopic (exact) mass is 256 g/mol. The van der Waals surface area contributed by atoms with E-state index in [1.807, 2.05) is 19.2 Å². The lowest BCUT2D eigenvalue weighted by atomic mass is 10.1. The minimum atomic E-state index is 0.745. The zero-order chi connectivity index (χ0) is 13.0. The summed E-state index contributed by atoms with van der Waals surface area (Å²) in [5, 5.41) is 11.2. The zero-order valence-electron chi connectivity index (χ0n) is 10.7. The zero-order valence-corrected chi connectivity index (χ0v) is 11.5. The molecule has 0 atom stereocenters. The summed E-state index contributed by atoms with van der Waals surface area (Å²) in [6.07, 6.45) is 1.02. The third-order valence-corrected chi connectivity index (χ3v) is 3.89. The van der Waals surface area contributed by atoms with Crippen LogP contribution in [0, 0.1) is 18.3 Å². The molecule has 3 heteroatoms. The Morgan fingerprint density at radius 2 is 2.17 bits per heavy atom. The number of anilines is 1. The number of hydrogen-bond acceptors (Lipinski definition) is 3. The lowest BCUT2D eigenvalue weighted by Gasteiger charge is -2.20. The van der Waals surface area contributed by atoms with Crippen molar-refractivity contribution in [1.29, 1.82) is 5.26 Å². The molecule has 2 aromatic rings. The summed E-state index contributed by atoms with van der Waals surface area (Å²) in [5.74, 6) is 0. The van der Waals surface area contributed by atoms with E-state index in [2.05, 4.69) is 41.5 Å². The van der Waals surface area contributed by atoms with Gasteiger partial charge in [0, 0.05) is 18.5 Å². The van der Waals surface area contributed by atoms with Crippen molar-refractivity contribution >= 4 is 17.0 Å². The van der Waals surface area contributed by atoms with Crippen LogP contribution >= 0.6 is 11.3 Å². The number of thiophene rings is 1. The highest BCUT2D eigenvalue weighted by Crippen LogP contribution is 2.21. The highest BCUT2D eigenvalue weighted by molar-refractivity contribution is 7.09. The average Bonchev–Trinajstić information content (AvgIpc) is 2.89. The van der Waals surface area contributed by atoms with Gasteiger partial charge < -0.3 is 4.90 Å². The van der Waals surface area contributed by atoms with Crippen molar-refractivity contribution < 1.29 is 0 Å². The molecule has 0 spiro atoms. The molecular weight excluding hydrogens is 240 g/mol. The van der Waals surface area contributed by atoms with Crippen molar-refractivity contribution in [2.45, 2.75) is 13.3 Å². The number of benzene rings is 1. The first-order valence-electron chi connectivity index (χ1n) is 5.95. The Kier molecular flexibility index (Phi) is 4.01. The van der Waals surface area contributed by atoms with Gasteiger partial charge in [0.1, 0.15) is 6.07 Å². The van der Waals surface area contributed by atoms with Crippen molar-refractivity contribution in [3.05, 3.63) is 51.7 Å². The van der Waals surface area contributed by atoms with Crippen molar-refractivity contribution in [2.75, 3.05) is 18.5 Å². The molecule has 0 aliphatic carbocycles. The first-order valence-corrected chi connectivity index (χ1v) is 6.83. The maximum atomic E-state index is 9.14.